The van der Waals surface area contributed by atoms with Crippen LogP contribution < -0.4 is 0 Å². The molecule has 0 aromatic heterocycles. The summed E-state index contributed by atoms with van der Waals surface area (Å²) >= 11 is 3.10. The van der Waals surface area contributed by atoms with Gasteiger partial charge in [-0.15, -0.1) is 0 Å². The number of ether oxygens (including phenoxy) is 1. The Labute approximate surface area is 124 Å². The molecule has 0 spiro atoms. The van der Waals surface area contributed by atoms with Crippen LogP contribution in [0.1, 0.15) is 10.4 Å². The van der Waals surface area contributed by atoms with Gasteiger partial charge in [-0.05, 0) is 18.2 Å². The maximum absolute atomic E-state index is 12.2. The van der Waals surface area contributed by atoms with Gasteiger partial charge in [-0.1, -0.05) is 15.9 Å². The summed E-state index contributed by atoms with van der Waals surface area (Å²) in [7, 11) is -1.69. The average molecular weight is 366 g/mol. The second kappa shape index (κ2) is 6.33. The molecule has 0 amide bonds. The van der Waals surface area contributed by atoms with Crippen molar-refractivity contribution in [3.05, 3.63) is 28.2 Å². The second-order valence-electron chi connectivity index (χ2n) is 3.82. The van der Waals surface area contributed by atoms with Crippen molar-refractivity contribution >= 4 is 37.9 Å². The van der Waals surface area contributed by atoms with Crippen LogP contribution in [0.5, 0.6) is 0 Å². The maximum Gasteiger partial charge on any atom is 0.337 e. The van der Waals surface area contributed by atoms with Crippen molar-refractivity contribution in [1.29, 1.82) is 0 Å². The van der Waals surface area contributed by atoms with Gasteiger partial charge < -0.3 is 9.84 Å². The highest BCUT2D eigenvalue weighted by Gasteiger charge is 2.24. The fourth-order valence-corrected chi connectivity index (χ4v) is 3.24. The van der Waals surface area contributed by atoms with Crippen molar-refractivity contribution < 1.29 is 27.9 Å². The number of likely N-dealkylation sites (N-methyl/N-ethyl adjacent to an activating group) is 1. The number of halogens is 1. The number of carboxylic acid groups (broad SMARTS) is 1. The van der Waals surface area contributed by atoms with E-state index in [1.807, 2.05) is 0 Å². The molecule has 0 saturated carbocycles. The van der Waals surface area contributed by atoms with Crippen LogP contribution in [0.3, 0.4) is 0 Å². The van der Waals surface area contributed by atoms with Crippen LogP contribution in [0, 0.1) is 0 Å². The summed E-state index contributed by atoms with van der Waals surface area (Å²) < 4.78 is 29.9. The third kappa shape index (κ3) is 3.78. The first-order chi connectivity index (χ1) is 9.18. The highest BCUT2D eigenvalue weighted by molar-refractivity contribution is 9.10. The fraction of sp³-hybridized carbons (Fsp3) is 0.273. The predicted molar refractivity (Wildman–Crippen MR) is 72.9 cm³/mol. The number of carboxylic acids is 1. The van der Waals surface area contributed by atoms with Gasteiger partial charge in [0.15, 0.2) is 0 Å². The van der Waals surface area contributed by atoms with Crippen molar-refractivity contribution in [2.45, 2.75) is 4.90 Å². The molecule has 7 nitrogen and oxygen atoms in total. The number of carbonyl (C=O) groups excluding carboxylic acids is 1. The number of carbonyl (C=O) groups is 2. The Hall–Kier alpha value is -1.45. The number of methoxy groups -OCH3 is 1. The van der Waals surface area contributed by atoms with E-state index in [0.717, 1.165) is 13.1 Å². The molecule has 0 saturated heterocycles. The number of sulfonamides is 1. The smallest absolute Gasteiger partial charge is 0.337 e. The molecule has 110 valence electrons. The Morgan fingerprint density at radius 3 is 2.45 bits per heavy atom. The zero-order chi connectivity index (χ0) is 15.5. The van der Waals surface area contributed by atoms with Crippen LogP contribution >= 0.6 is 15.9 Å². The van der Waals surface area contributed by atoms with Crippen molar-refractivity contribution in [2.24, 2.45) is 0 Å². The first kappa shape index (κ1) is 16.6. The molecule has 1 N–H and O–H groups in total. The number of nitrogens with zero attached hydrogens (tertiary/aromatic N) is 1. The van der Waals surface area contributed by atoms with Gasteiger partial charge in [0, 0.05) is 11.5 Å². The minimum absolute atomic E-state index is 0.0455. The highest BCUT2D eigenvalue weighted by Crippen LogP contribution is 2.22. The molecule has 0 unspecified atom stereocenters. The molecule has 0 bridgehead atoms. The number of esters is 1. The van der Waals surface area contributed by atoms with E-state index < -0.39 is 28.5 Å². The normalized spacial score (nSPS) is 11.4. The van der Waals surface area contributed by atoms with Crippen LogP contribution in [0.15, 0.2) is 27.6 Å². The Morgan fingerprint density at radius 2 is 1.95 bits per heavy atom. The Morgan fingerprint density at radius 1 is 1.35 bits per heavy atom. The monoisotopic (exact) mass is 365 g/mol. The lowest BCUT2D eigenvalue weighted by Crippen LogP contribution is -2.32. The number of benzene rings is 1. The second-order valence-corrected chi connectivity index (χ2v) is 6.78. The van der Waals surface area contributed by atoms with Crippen molar-refractivity contribution in [3.8, 4) is 0 Å². The molecule has 0 aliphatic heterocycles. The number of rotatable bonds is 5. The summed E-state index contributed by atoms with van der Waals surface area (Å²) in [5.74, 6) is -1.97. The van der Waals surface area contributed by atoms with E-state index in [1.54, 1.807) is 0 Å². The number of aliphatic carboxylic acids is 1. The standard InChI is InChI=1S/C11H12BrNO6S/c1-13(6-10(14)15)20(17,18)9-4-7(11(16)19-2)3-8(12)5-9/h3-5H,6H2,1-2H3,(H,14,15). The van der Waals surface area contributed by atoms with E-state index in [9.17, 15) is 18.0 Å². The molecule has 0 atom stereocenters. The van der Waals surface area contributed by atoms with E-state index >= 15 is 0 Å². The number of hydrogen-bond acceptors (Lipinski definition) is 5. The van der Waals surface area contributed by atoms with Gasteiger partial charge in [-0.3, -0.25) is 4.79 Å². The summed E-state index contributed by atoms with van der Waals surface area (Å²) in [6.07, 6.45) is 0. The fourth-order valence-electron chi connectivity index (χ4n) is 1.40. The molecule has 0 fully saturated rings. The quantitative estimate of drug-likeness (QED) is 0.779. The minimum atomic E-state index is -4.01. The molecule has 1 rings (SSSR count). The number of hydrogen-bond donors (Lipinski definition) is 1. The van der Waals surface area contributed by atoms with Gasteiger partial charge in [0.25, 0.3) is 0 Å². The topological polar surface area (TPSA) is 101 Å². The van der Waals surface area contributed by atoms with E-state index in [0.29, 0.717) is 8.78 Å². The maximum atomic E-state index is 12.2. The van der Waals surface area contributed by atoms with E-state index in [4.69, 9.17) is 5.11 Å². The summed E-state index contributed by atoms with van der Waals surface area (Å²) in [6, 6.07) is 3.81. The third-order valence-corrected chi connectivity index (χ3v) is 4.60. The van der Waals surface area contributed by atoms with Gasteiger partial charge in [0.1, 0.15) is 6.54 Å². The van der Waals surface area contributed by atoms with Crippen LogP contribution in [-0.4, -0.2) is 50.5 Å². The van der Waals surface area contributed by atoms with E-state index in [-0.39, 0.29) is 10.5 Å². The van der Waals surface area contributed by atoms with Crippen LogP contribution in [0.2, 0.25) is 0 Å². The molecular formula is C11H12BrNO6S. The Bertz CT molecular complexity index is 642. The van der Waals surface area contributed by atoms with Gasteiger partial charge in [-0.2, -0.15) is 4.31 Å². The van der Waals surface area contributed by atoms with Gasteiger partial charge >= 0.3 is 11.9 Å². The van der Waals surface area contributed by atoms with Crippen molar-refractivity contribution in [2.75, 3.05) is 20.7 Å². The average Bonchev–Trinajstić information content (AvgIpc) is 2.36. The molecule has 0 aliphatic rings. The summed E-state index contributed by atoms with van der Waals surface area (Å²) in [5, 5.41) is 8.64. The lowest BCUT2D eigenvalue weighted by atomic mass is 10.2. The summed E-state index contributed by atoms with van der Waals surface area (Å²) in [5.41, 5.74) is 0.0455. The molecular weight excluding hydrogens is 354 g/mol. The lowest BCUT2D eigenvalue weighted by molar-refractivity contribution is -0.137. The van der Waals surface area contributed by atoms with Gasteiger partial charge in [-0.25, -0.2) is 13.2 Å². The van der Waals surface area contributed by atoms with Gasteiger partial charge in [0.05, 0.1) is 17.6 Å². The zero-order valence-corrected chi connectivity index (χ0v) is 13.1. The van der Waals surface area contributed by atoms with Gasteiger partial charge in [0.2, 0.25) is 10.0 Å². The first-order valence-electron chi connectivity index (χ1n) is 5.25. The van der Waals surface area contributed by atoms with Crippen LogP contribution in [0.4, 0.5) is 0 Å². The molecule has 9 heteroatoms. The third-order valence-electron chi connectivity index (χ3n) is 2.36. The molecule has 0 radical (unpaired) electrons. The minimum Gasteiger partial charge on any atom is -0.480 e. The van der Waals surface area contributed by atoms with Crippen LogP contribution in [0.25, 0.3) is 0 Å². The van der Waals surface area contributed by atoms with E-state index in [2.05, 4.69) is 20.7 Å². The Kier molecular flexibility index (Phi) is 5.26. The zero-order valence-electron chi connectivity index (χ0n) is 10.7. The molecule has 0 heterocycles. The molecule has 1 aromatic rings. The predicted octanol–water partition coefficient (Wildman–Crippen LogP) is 0.941. The highest BCUT2D eigenvalue weighted by atomic mass is 79.9. The van der Waals surface area contributed by atoms with Crippen LogP contribution in [-0.2, 0) is 19.6 Å². The largest absolute Gasteiger partial charge is 0.480 e. The van der Waals surface area contributed by atoms with Crippen molar-refractivity contribution in [1.82, 2.24) is 4.31 Å². The molecule has 20 heavy (non-hydrogen) atoms. The first-order valence-corrected chi connectivity index (χ1v) is 7.49. The molecule has 1 aromatic carbocycles. The van der Waals surface area contributed by atoms with E-state index in [1.165, 1.54) is 19.2 Å². The van der Waals surface area contributed by atoms with Crippen molar-refractivity contribution in [3.63, 3.8) is 0 Å². The SMILES string of the molecule is COC(=O)c1cc(Br)cc(S(=O)(=O)N(C)CC(=O)O)c1. The summed E-state index contributed by atoms with van der Waals surface area (Å²) in [6.45, 7) is -0.678. The summed E-state index contributed by atoms with van der Waals surface area (Å²) in [4.78, 5) is 21.8. The Balaban J connectivity index is 3.28. The molecule has 0 aliphatic carbocycles. The lowest BCUT2D eigenvalue weighted by Gasteiger charge is -2.15.